The second-order valence-electron chi connectivity index (χ2n) is 3.23. The van der Waals surface area contributed by atoms with Crippen molar-refractivity contribution in [2.24, 2.45) is 7.05 Å². The fourth-order valence-corrected chi connectivity index (χ4v) is 1.35. The monoisotopic (exact) mass is 234 g/mol. The van der Waals surface area contributed by atoms with Gasteiger partial charge in [0.15, 0.2) is 0 Å². The van der Waals surface area contributed by atoms with Crippen molar-refractivity contribution in [2.75, 3.05) is 0 Å². The van der Waals surface area contributed by atoms with Crippen molar-refractivity contribution in [2.45, 2.75) is 13.8 Å². The molecule has 0 fully saturated rings. The van der Waals surface area contributed by atoms with E-state index in [0.717, 1.165) is 0 Å². The van der Waals surface area contributed by atoms with Gasteiger partial charge in [0.1, 0.15) is 11.5 Å². The summed E-state index contributed by atoms with van der Waals surface area (Å²) in [7, 11) is 1.72. The van der Waals surface area contributed by atoms with Gasteiger partial charge in [-0.1, -0.05) is 26.0 Å². The van der Waals surface area contributed by atoms with Crippen LogP contribution in [0.1, 0.15) is 29.9 Å². The quantitative estimate of drug-likeness (QED) is 0.749. The van der Waals surface area contributed by atoms with Crippen LogP contribution in [0.5, 0.6) is 0 Å². The van der Waals surface area contributed by atoms with E-state index in [1.807, 2.05) is 13.8 Å². The highest BCUT2D eigenvalue weighted by Gasteiger charge is 2.12. The molecule has 90 valence electrons. The lowest BCUT2D eigenvalue weighted by Gasteiger charge is -2.01. The van der Waals surface area contributed by atoms with Gasteiger partial charge in [-0.15, -0.1) is 0 Å². The van der Waals surface area contributed by atoms with Crippen molar-refractivity contribution >= 4 is 5.78 Å². The number of carbonyl (C=O) groups excluding carboxylic acids is 1. The number of imidazole rings is 1. The fraction of sp³-hybridized carbons (Fsp3) is 0.231. The highest BCUT2D eigenvalue weighted by Crippen LogP contribution is 2.10. The number of benzene rings is 1. The standard InChI is InChI=1S/C11H9FN2O.C2H6/c1-14-7-13-6-10(14)11(15)8-3-2-4-9(12)5-8;1-2/h2-7H,1H3;1-2H3. The Morgan fingerprint density at radius 3 is 2.59 bits per heavy atom. The molecule has 0 unspecified atom stereocenters. The molecule has 0 aliphatic carbocycles. The predicted molar refractivity (Wildman–Crippen MR) is 64.4 cm³/mol. The van der Waals surface area contributed by atoms with Crippen molar-refractivity contribution in [3.8, 4) is 0 Å². The average Bonchev–Trinajstić information content (AvgIpc) is 2.77. The van der Waals surface area contributed by atoms with E-state index in [4.69, 9.17) is 0 Å². The topological polar surface area (TPSA) is 34.9 Å². The van der Waals surface area contributed by atoms with Crippen molar-refractivity contribution in [3.63, 3.8) is 0 Å². The summed E-state index contributed by atoms with van der Waals surface area (Å²) in [6.45, 7) is 4.00. The highest BCUT2D eigenvalue weighted by molar-refractivity contribution is 6.07. The first-order valence-corrected chi connectivity index (χ1v) is 5.45. The Balaban J connectivity index is 0.000000686. The van der Waals surface area contributed by atoms with Crippen molar-refractivity contribution in [1.82, 2.24) is 9.55 Å². The number of nitrogens with zero attached hydrogens (tertiary/aromatic N) is 2. The molecule has 0 radical (unpaired) electrons. The summed E-state index contributed by atoms with van der Waals surface area (Å²) in [6.07, 6.45) is 3.00. The zero-order chi connectivity index (χ0) is 12.8. The van der Waals surface area contributed by atoms with Crippen molar-refractivity contribution < 1.29 is 9.18 Å². The van der Waals surface area contributed by atoms with Crippen LogP contribution in [-0.2, 0) is 7.05 Å². The second-order valence-corrected chi connectivity index (χ2v) is 3.23. The molecule has 0 aliphatic heterocycles. The van der Waals surface area contributed by atoms with Crippen molar-refractivity contribution in [1.29, 1.82) is 0 Å². The van der Waals surface area contributed by atoms with Crippen LogP contribution in [0.3, 0.4) is 0 Å². The molecule has 1 aromatic heterocycles. The van der Waals surface area contributed by atoms with Crippen LogP contribution in [0.2, 0.25) is 0 Å². The molecule has 0 aliphatic rings. The molecule has 0 saturated carbocycles. The van der Waals surface area contributed by atoms with Gasteiger partial charge in [-0.2, -0.15) is 0 Å². The van der Waals surface area contributed by atoms with Crippen LogP contribution in [0.15, 0.2) is 36.8 Å². The highest BCUT2D eigenvalue weighted by atomic mass is 19.1. The van der Waals surface area contributed by atoms with E-state index >= 15 is 0 Å². The molecule has 1 aromatic carbocycles. The van der Waals surface area contributed by atoms with Crippen LogP contribution >= 0.6 is 0 Å². The minimum absolute atomic E-state index is 0.227. The van der Waals surface area contributed by atoms with E-state index in [2.05, 4.69) is 4.98 Å². The first-order valence-electron chi connectivity index (χ1n) is 5.45. The number of carbonyl (C=O) groups is 1. The van der Waals surface area contributed by atoms with Crippen LogP contribution in [0.25, 0.3) is 0 Å². The molecule has 0 amide bonds. The van der Waals surface area contributed by atoms with Crippen LogP contribution in [-0.4, -0.2) is 15.3 Å². The van der Waals surface area contributed by atoms with Crippen LogP contribution in [0.4, 0.5) is 4.39 Å². The molecular formula is C13H15FN2O. The fourth-order valence-electron chi connectivity index (χ4n) is 1.35. The maximum absolute atomic E-state index is 12.9. The molecule has 4 heteroatoms. The van der Waals surface area contributed by atoms with E-state index in [9.17, 15) is 9.18 Å². The van der Waals surface area contributed by atoms with E-state index in [-0.39, 0.29) is 5.78 Å². The smallest absolute Gasteiger partial charge is 0.211 e. The largest absolute Gasteiger partial charge is 0.331 e. The molecular weight excluding hydrogens is 219 g/mol. The molecule has 0 bridgehead atoms. The van der Waals surface area contributed by atoms with Gasteiger partial charge >= 0.3 is 0 Å². The molecule has 2 rings (SSSR count). The Labute approximate surface area is 99.9 Å². The van der Waals surface area contributed by atoms with E-state index in [1.165, 1.54) is 30.7 Å². The molecule has 17 heavy (non-hydrogen) atoms. The summed E-state index contributed by atoms with van der Waals surface area (Å²) in [6, 6.07) is 5.62. The van der Waals surface area contributed by atoms with Gasteiger partial charge in [0, 0.05) is 12.6 Å². The molecule has 0 spiro atoms. The molecule has 0 atom stereocenters. The minimum atomic E-state index is -0.414. The third-order valence-electron chi connectivity index (χ3n) is 2.14. The Kier molecular flexibility index (Phi) is 4.57. The first kappa shape index (κ1) is 13.1. The van der Waals surface area contributed by atoms with E-state index in [0.29, 0.717) is 11.3 Å². The molecule has 0 saturated heterocycles. The Morgan fingerprint density at radius 2 is 2.06 bits per heavy atom. The van der Waals surface area contributed by atoms with Gasteiger partial charge in [-0.25, -0.2) is 9.37 Å². The summed E-state index contributed by atoms with van der Waals surface area (Å²) in [5.41, 5.74) is 0.777. The number of ketones is 1. The van der Waals surface area contributed by atoms with Gasteiger partial charge in [0.2, 0.25) is 5.78 Å². The van der Waals surface area contributed by atoms with Gasteiger partial charge < -0.3 is 4.57 Å². The van der Waals surface area contributed by atoms with Gasteiger partial charge in [-0.3, -0.25) is 4.79 Å². The predicted octanol–water partition coefficient (Wildman–Crippen LogP) is 2.82. The number of halogens is 1. The maximum atomic E-state index is 12.9. The van der Waals surface area contributed by atoms with Crippen LogP contribution < -0.4 is 0 Å². The van der Waals surface area contributed by atoms with Gasteiger partial charge in [0.25, 0.3) is 0 Å². The summed E-state index contributed by atoms with van der Waals surface area (Å²) in [5, 5.41) is 0. The number of hydrogen-bond donors (Lipinski definition) is 0. The summed E-state index contributed by atoms with van der Waals surface area (Å²) < 4.78 is 14.5. The van der Waals surface area contributed by atoms with E-state index in [1.54, 1.807) is 17.7 Å². The lowest BCUT2D eigenvalue weighted by Crippen LogP contribution is -2.06. The molecule has 0 N–H and O–H groups in total. The Morgan fingerprint density at radius 1 is 1.35 bits per heavy atom. The van der Waals surface area contributed by atoms with Crippen LogP contribution in [0, 0.1) is 5.82 Å². The summed E-state index contributed by atoms with van der Waals surface area (Å²) in [4.78, 5) is 15.7. The number of aryl methyl sites for hydroxylation is 1. The number of aromatic nitrogens is 2. The molecule has 3 nitrogen and oxygen atoms in total. The van der Waals surface area contributed by atoms with Crippen molar-refractivity contribution in [3.05, 3.63) is 53.9 Å². The Hall–Kier alpha value is -1.97. The lowest BCUT2D eigenvalue weighted by molar-refractivity contribution is 0.103. The summed E-state index contributed by atoms with van der Waals surface area (Å²) in [5.74, 6) is -0.641. The number of rotatable bonds is 2. The lowest BCUT2D eigenvalue weighted by atomic mass is 10.1. The Bertz CT molecular complexity index is 506. The second kappa shape index (κ2) is 5.94. The minimum Gasteiger partial charge on any atom is -0.331 e. The molecule has 2 aromatic rings. The van der Waals surface area contributed by atoms with E-state index < -0.39 is 5.82 Å². The normalized spacial score (nSPS) is 9.41. The summed E-state index contributed by atoms with van der Waals surface area (Å²) >= 11 is 0. The average molecular weight is 234 g/mol. The number of hydrogen-bond acceptors (Lipinski definition) is 2. The SMILES string of the molecule is CC.Cn1cncc1C(=O)c1cccc(F)c1. The zero-order valence-electron chi connectivity index (χ0n) is 10.1. The zero-order valence-corrected chi connectivity index (χ0v) is 10.1. The third-order valence-corrected chi connectivity index (χ3v) is 2.14. The third kappa shape index (κ3) is 3.00. The first-order chi connectivity index (χ1) is 8.18. The molecule has 1 heterocycles. The maximum Gasteiger partial charge on any atom is 0.211 e. The van der Waals surface area contributed by atoms with Gasteiger partial charge in [0.05, 0.1) is 12.5 Å². The van der Waals surface area contributed by atoms with Gasteiger partial charge in [-0.05, 0) is 12.1 Å².